The predicted molar refractivity (Wildman–Crippen MR) is 67.8 cm³/mol. The van der Waals surface area contributed by atoms with E-state index in [4.69, 9.17) is 5.73 Å². The van der Waals surface area contributed by atoms with E-state index in [0.29, 0.717) is 0 Å². The van der Waals surface area contributed by atoms with Gasteiger partial charge in [-0.25, -0.2) is 4.98 Å². The molecule has 0 amide bonds. The first kappa shape index (κ1) is 11.8. The van der Waals surface area contributed by atoms with Gasteiger partial charge in [-0.3, -0.25) is 0 Å². The van der Waals surface area contributed by atoms with Crippen LogP contribution >= 0.6 is 11.5 Å². The highest BCUT2D eigenvalue weighted by molar-refractivity contribution is 7.09. The molecule has 1 heterocycles. The van der Waals surface area contributed by atoms with Crippen LogP contribution in [-0.2, 0) is 6.42 Å². The molecule has 1 aliphatic rings. The molecule has 1 aromatic rings. The van der Waals surface area contributed by atoms with E-state index in [9.17, 15) is 0 Å². The average molecular weight is 240 g/mol. The predicted octanol–water partition coefficient (Wildman–Crippen LogP) is 2.17. The first-order valence-electron chi connectivity index (χ1n) is 6.07. The SMILES string of the molecule is CCc1nsc(NCC2(N)CCCCC2)n1. The van der Waals surface area contributed by atoms with Crippen molar-refractivity contribution >= 4 is 16.7 Å². The van der Waals surface area contributed by atoms with Crippen LogP contribution in [0, 0.1) is 0 Å². The van der Waals surface area contributed by atoms with E-state index in [-0.39, 0.29) is 5.54 Å². The highest BCUT2D eigenvalue weighted by Crippen LogP contribution is 2.26. The number of nitrogens with two attached hydrogens (primary N) is 1. The lowest BCUT2D eigenvalue weighted by atomic mass is 9.82. The molecule has 1 fully saturated rings. The number of aryl methyl sites for hydroxylation is 1. The monoisotopic (exact) mass is 240 g/mol. The van der Waals surface area contributed by atoms with Crippen molar-refractivity contribution in [3.63, 3.8) is 0 Å². The normalized spacial score (nSPS) is 19.6. The standard InChI is InChI=1S/C11H20N4S/c1-2-9-14-10(16-15-9)13-8-11(12)6-4-3-5-7-11/h2-8,12H2,1H3,(H,13,14,15). The van der Waals surface area contributed by atoms with Crippen LogP contribution in [-0.4, -0.2) is 21.4 Å². The summed E-state index contributed by atoms with van der Waals surface area (Å²) in [5.74, 6) is 0.919. The second-order valence-electron chi connectivity index (χ2n) is 4.65. The molecule has 1 aromatic heterocycles. The molecule has 1 saturated carbocycles. The molecular weight excluding hydrogens is 220 g/mol. The first-order valence-corrected chi connectivity index (χ1v) is 6.84. The third kappa shape index (κ3) is 2.92. The van der Waals surface area contributed by atoms with Crippen molar-refractivity contribution in [2.24, 2.45) is 5.73 Å². The molecular formula is C11H20N4S. The van der Waals surface area contributed by atoms with Gasteiger partial charge in [-0.2, -0.15) is 4.37 Å². The van der Waals surface area contributed by atoms with Gasteiger partial charge in [0, 0.05) is 30.0 Å². The van der Waals surface area contributed by atoms with Crippen molar-refractivity contribution in [3.05, 3.63) is 5.82 Å². The van der Waals surface area contributed by atoms with E-state index < -0.39 is 0 Å². The molecule has 2 rings (SSSR count). The highest BCUT2D eigenvalue weighted by atomic mass is 32.1. The molecule has 0 spiro atoms. The maximum Gasteiger partial charge on any atom is 0.202 e. The number of hydrogen-bond donors (Lipinski definition) is 2. The molecule has 0 aromatic carbocycles. The summed E-state index contributed by atoms with van der Waals surface area (Å²) in [4.78, 5) is 4.38. The summed E-state index contributed by atoms with van der Waals surface area (Å²) in [6, 6.07) is 0. The van der Waals surface area contributed by atoms with Crippen molar-refractivity contribution in [2.45, 2.75) is 51.0 Å². The minimum absolute atomic E-state index is 0.0315. The molecule has 0 bridgehead atoms. The Bertz CT molecular complexity index is 330. The number of hydrogen-bond acceptors (Lipinski definition) is 5. The van der Waals surface area contributed by atoms with Crippen molar-refractivity contribution in [3.8, 4) is 0 Å². The van der Waals surface area contributed by atoms with Crippen LogP contribution < -0.4 is 11.1 Å². The van der Waals surface area contributed by atoms with Crippen molar-refractivity contribution in [2.75, 3.05) is 11.9 Å². The fraction of sp³-hybridized carbons (Fsp3) is 0.818. The van der Waals surface area contributed by atoms with E-state index in [1.807, 2.05) is 0 Å². The molecule has 90 valence electrons. The van der Waals surface area contributed by atoms with Crippen LogP contribution in [0.3, 0.4) is 0 Å². The molecule has 0 atom stereocenters. The summed E-state index contributed by atoms with van der Waals surface area (Å²) >= 11 is 1.43. The number of anilines is 1. The number of nitrogens with zero attached hydrogens (tertiary/aromatic N) is 2. The largest absolute Gasteiger partial charge is 0.358 e. The lowest BCUT2D eigenvalue weighted by molar-refractivity contribution is 0.311. The summed E-state index contributed by atoms with van der Waals surface area (Å²) in [7, 11) is 0. The smallest absolute Gasteiger partial charge is 0.202 e. The fourth-order valence-electron chi connectivity index (χ4n) is 2.15. The van der Waals surface area contributed by atoms with Gasteiger partial charge in [0.2, 0.25) is 5.13 Å². The quantitative estimate of drug-likeness (QED) is 0.846. The zero-order valence-corrected chi connectivity index (χ0v) is 10.6. The van der Waals surface area contributed by atoms with E-state index in [2.05, 4.69) is 21.6 Å². The van der Waals surface area contributed by atoms with Gasteiger partial charge < -0.3 is 11.1 Å². The summed E-state index contributed by atoms with van der Waals surface area (Å²) in [6.45, 7) is 2.89. The minimum atomic E-state index is -0.0315. The Morgan fingerprint density at radius 2 is 2.12 bits per heavy atom. The minimum Gasteiger partial charge on any atom is -0.358 e. The molecule has 4 nitrogen and oxygen atoms in total. The van der Waals surface area contributed by atoms with Crippen LogP contribution in [0.5, 0.6) is 0 Å². The Balaban J connectivity index is 1.86. The number of aromatic nitrogens is 2. The summed E-state index contributed by atoms with van der Waals surface area (Å²) in [5, 5.41) is 4.24. The van der Waals surface area contributed by atoms with E-state index in [1.165, 1.54) is 30.8 Å². The zero-order valence-electron chi connectivity index (χ0n) is 9.83. The Hall–Kier alpha value is -0.680. The third-order valence-electron chi connectivity index (χ3n) is 3.23. The fourth-order valence-corrected chi connectivity index (χ4v) is 2.80. The van der Waals surface area contributed by atoms with Gasteiger partial charge in [-0.15, -0.1) is 0 Å². The van der Waals surface area contributed by atoms with Crippen molar-refractivity contribution in [1.29, 1.82) is 0 Å². The lowest BCUT2D eigenvalue weighted by Gasteiger charge is -2.33. The van der Waals surface area contributed by atoms with Crippen LogP contribution in [0.25, 0.3) is 0 Å². The van der Waals surface area contributed by atoms with E-state index in [1.54, 1.807) is 0 Å². The summed E-state index contributed by atoms with van der Waals surface area (Å²) in [6.07, 6.45) is 6.99. The average Bonchev–Trinajstić information content (AvgIpc) is 2.75. The van der Waals surface area contributed by atoms with Gasteiger partial charge in [0.15, 0.2) is 0 Å². The molecule has 0 saturated heterocycles. The van der Waals surface area contributed by atoms with Gasteiger partial charge in [0.05, 0.1) is 0 Å². The molecule has 3 N–H and O–H groups in total. The maximum absolute atomic E-state index is 6.34. The Morgan fingerprint density at radius 1 is 1.38 bits per heavy atom. The second kappa shape index (κ2) is 5.10. The summed E-state index contributed by atoms with van der Waals surface area (Å²) < 4.78 is 4.25. The van der Waals surface area contributed by atoms with Gasteiger partial charge in [0.25, 0.3) is 0 Å². The zero-order chi connectivity index (χ0) is 11.4. The molecule has 1 aliphatic carbocycles. The highest BCUT2D eigenvalue weighted by Gasteiger charge is 2.27. The summed E-state index contributed by atoms with van der Waals surface area (Å²) in [5.41, 5.74) is 6.31. The van der Waals surface area contributed by atoms with Crippen LogP contribution in [0.2, 0.25) is 0 Å². The molecule has 0 unspecified atom stereocenters. The molecule has 0 aliphatic heterocycles. The topological polar surface area (TPSA) is 63.8 Å². The Labute approximate surface area is 101 Å². The van der Waals surface area contributed by atoms with Gasteiger partial charge in [-0.1, -0.05) is 26.2 Å². The Morgan fingerprint density at radius 3 is 2.75 bits per heavy atom. The molecule has 0 radical (unpaired) electrons. The molecule has 16 heavy (non-hydrogen) atoms. The van der Waals surface area contributed by atoms with Crippen LogP contribution in [0.4, 0.5) is 5.13 Å². The van der Waals surface area contributed by atoms with E-state index in [0.717, 1.165) is 36.8 Å². The maximum atomic E-state index is 6.34. The van der Waals surface area contributed by atoms with Gasteiger partial charge >= 0.3 is 0 Å². The van der Waals surface area contributed by atoms with Crippen molar-refractivity contribution in [1.82, 2.24) is 9.36 Å². The third-order valence-corrected chi connectivity index (χ3v) is 3.94. The second-order valence-corrected chi connectivity index (χ2v) is 5.40. The van der Waals surface area contributed by atoms with Crippen LogP contribution in [0.15, 0.2) is 0 Å². The van der Waals surface area contributed by atoms with E-state index >= 15 is 0 Å². The number of nitrogens with one attached hydrogen (secondary N) is 1. The molecule has 5 heteroatoms. The van der Waals surface area contributed by atoms with Crippen molar-refractivity contribution < 1.29 is 0 Å². The van der Waals surface area contributed by atoms with Gasteiger partial charge in [-0.05, 0) is 12.8 Å². The number of rotatable bonds is 4. The van der Waals surface area contributed by atoms with Gasteiger partial charge in [0.1, 0.15) is 5.82 Å². The Kier molecular flexibility index (Phi) is 3.76. The van der Waals surface area contributed by atoms with Crippen LogP contribution in [0.1, 0.15) is 44.9 Å². The first-order chi connectivity index (χ1) is 7.72. The lowest BCUT2D eigenvalue weighted by Crippen LogP contribution is -2.47.